The van der Waals surface area contributed by atoms with Crippen LogP contribution >= 0.6 is 0 Å². The Bertz CT molecular complexity index is 1500. The largest absolute Gasteiger partial charge is 0.445 e. The van der Waals surface area contributed by atoms with E-state index in [4.69, 9.17) is 4.74 Å². The van der Waals surface area contributed by atoms with Crippen LogP contribution < -0.4 is 16.0 Å². The fourth-order valence-electron chi connectivity index (χ4n) is 3.94. The lowest BCUT2D eigenvalue weighted by atomic mass is 9.90. The Morgan fingerprint density at radius 1 is 0.833 bits per heavy atom. The molecule has 0 aliphatic heterocycles. The number of pyridine rings is 2. The molecule has 216 valence electrons. The van der Waals surface area contributed by atoms with Crippen molar-refractivity contribution >= 4 is 29.4 Å². The van der Waals surface area contributed by atoms with E-state index < -0.39 is 6.09 Å². The van der Waals surface area contributed by atoms with E-state index in [0.29, 0.717) is 23.4 Å². The highest BCUT2D eigenvalue weighted by molar-refractivity contribution is 6.06. The summed E-state index contributed by atoms with van der Waals surface area (Å²) in [6, 6.07) is 23.6. The lowest BCUT2D eigenvalue weighted by Gasteiger charge is -2.18. The summed E-state index contributed by atoms with van der Waals surface area (Å²) in [7, 11) is 0. The predicted octanol–water partition coefficient (Wildman–Crippen LogP) is 6.59. The zero-order chi connectivity index (χ0) is 30.0. The molecule has 2 aromatic carbocycles. The van der Waals surface area contributed by atoms with Crippen LogP contribution in [0.4, 0.5) is 16.3 Å². The van der Waals surface area contributed by atoms with Crippen molar-refractivity contribution in [2.75, 3.05) is 10.6 Å². The van der Waals surface area contributed by atoms with Gasteiger partial charge < -0.3 is 20.7 Å². The van der Waals surface area contributed by atoms with E-state index >= 15 is 0 Å². The highest BCUT2D eigenvalue weighted by Gasteiger charge is 2.17. The maximum absolute atomic E-state index is 13.2. The zero-order valence-electron chi connectivity index (χ0n) is 24.0. The van der Waals surface area contributed by atoms with E-state index in [1.807, 2.05) is 42.5 Å². The van der Waals surface area contributed by atoms with Gasteiger partial charge in [0.15, 0.2) is 5.82 Å². The standard InChI is InChI=1S/C33H35N5O4/c1-33(2,3)18-17-29(39)36-28-16-15-27(25-9-5-4-6-10-25)37-30(28)38-31(40)26-13-11-23(12-14-26)21-35-32(41)42-22-24-8-7-19-34-20-24/h4-16,19-20H,17-18,21-22H2,1-3H3,(H,35,41)(H,36,39)(H,37,38,40). The summed E-state index contributed by atoms with van der Waals surface area (Å²) in [5, 5.41) is 8.45. The number of ether oxygens (including phenoxy) is 1. The van der Waals surface area contributed by atoms with Crippen molar-refractivity contribution in [1.82, 2.24) is 15.3 Å². The zero-order valence-corrected chi connectivity index (χ0v) is 24.0. The molecule has 9 nitrogen and oxygen atoms in total. The third-order valence-electron chi connectivity index (χ3n) is 6.32. The Hall–Kier alpha value is -5.05. The van der Waals surface area contributed by atoms with Crippen molar-refractivity contribution in [2.24, 2.45) is 5.41 Å². The molecule has 0 unspecified atom stereocenters. The lowest BCUT2D eigenvalue weighted by Crippen LogP contribution is -2.23. The molecule has 0 aliphatic rings. The average molecular weight is 566 g/mol. The van der Waals surface area contributed by atoms with Gasteiger partial charge in [0.2, 0.25) is 5.91 Å². The topological polar surface area (TPSA) is 122 Å². The Morgan fingerprint density at radius 3 is 2.29 bits per heavy atom. The number of nitrogens with zero attached hydrogens (tertiary/aromatic N) is 2. The normalized spacial score (nSPS) is 10.9. The number of hydrogen-bond donors (Lipinski definition) is 3. The van der Waals surface area contributed by atoms with Crippen LogP contribution in [0.1, 0.15) is 55.1 Å². The minimum atomic E-state index is -0.554. The first kappa shape index (κ1) is 29.9. The molecule has 4 aromatic rings. The molecule has 0 saturated carbocycles. The Morgan fingerprint density at radius 2 is 1.60 bits per heavy atom. The van der Waals surface area contributed by atoms with Crippen LogP contribution in [-0.4, -0.2) is 27.9 Å². The van der Waals surface area contributed by atoms with Gasteiger partial charge in [-0.3, -0.25) is 14.6 Å². The predicted molar refractivity (Wildman–Crippen MR) is 163 cm³/mol. The molecule has 0 radical (unpaired) electrons. The molecule has 0 aliphatic carbocycles. The maximum Gasteiger partial charge on any atom is 0.407 e. The summed E-state index contributed by atoms with van der Waals surface area (Å²) in [5.74, 6) is -0.272. The smallest absolute Gasteiger partial charge is 0.407 e. The summed E-state index contributed by atoms with van der Waals surface area (Å²) >= 11 is 0. The third kappa shape index (κ3) is 9.26. The number of amides is 3. The van der Waals surface area contributed by atoms with Gasteiger partial charge >= 0.3 is 6.09 Å². The van der Waals surface area contributed by atoms with Crippen LogP contribution in [0.3, 0.4) is 0 Å². The number of alkyl carbamates (subject to hydrolysis) is 1. The van der Waals surface area contributed by atoms with Gasteiger partial charge in [-0.25, -0.2) is 9.78 Å². The Labute approximate surface area is 245 Å². The van der Waals surface area contributed by atoms with Gasteiger partial charge in [-0.15, -0.1) is 0 Å². The first-order valence-electron chi connectivity index (χ1n) is 13.7. The molecule has 0 bridgehead atoms. The molecular weight excluding hydrogens is 530 g/mol. The summed E-state index contributed by atoms with van der Waals surface area (Å²) in [6.45, 7) is 6.60. The first-order chi connectivity index (χ1) is 20.2. The minimum absolute atomic E-state index is 0.0195. The van der Waals surface area contributed by atoms with Gasteiger partial charge in [0.05, 0.1) is 11.4 Å². The van der Waals surface area contributed by atoms with Crippen molar-refractivity contribution in [3.63, 3.8) is 0 Å². The summed E-state index contributed by atoms with van der Waals surface area (Å²) < 4.78 is 5.20. The second-order valence-corrected chi connectivity index (χ2v) is 11.0. The van der Waals surface area contributed by atoms with Crippen molar-refractivity contribution in [3.05, 3.63) is 108 Å². The molecule has 9 heteroatoms. The molecule has 3 amide bonds. The SMILES string of the molecule is CC(C)(C)CCC(=O)Nc1ccc(-c2ccccc2)nc1NC(=O)c1ccc(CNC(=O)OCc2cccnc2)cc1. The third-order valence-corrected chi connectivity index (χ3v) is 6.32. The van der Waals surface area contributed by atoms with Crippen molar-refractivity contribution in [1.29, 1.82) is 0 Å². The van der Waals surface area contributed by atoms with Crippen molar-refractivity contribution in [2.45, 2.75) is 46.8 Å². The van der Waals surface area contributed by atoms with Gasteiger partial charge in [0.25, 0.3) is 5.91 Å². The van der Waals surface area contributed by atoms with Gasteiger partial charge in [-0.2, -0.15) is 0 Å². The van der Waals surface area contributed by atoms with Gasteiger partial charge in [-0.1, -0.05) is 69.3 Å². The van der Waals surface area contributed by atoms with Crippen LogP contribution in [0.15, 0.2) is 91.3 Å². The van der Waals surface area contributed by atoms with E-state index in [9.17, 15) is 14.4 Å². The number of hydrogen-bond acceptors (Lipinski definition) is 6. The molecular formula is C33H35N5O4. The van der Waals surface area contributed by atoms with Crippen molar-refractivity contribution < 1.29 is 19.1 Å². The first-order valence-corrected chi connectivity index (χ1v) is 13.7. The Balaban J connectivity index is 1.41. The van der Waals surface area contributed by atoms with Crippen LogP contribution in [-0.2, 0) is 22.7 Å². The molecule has 2 heterocycles. The van der Waals surface area contributed by atoms with E-state index in [1.54, 1.807) is 48.8 Å². The molecule has 0 saturated heterocycles. The highest BCUT2D eigenvalue weighted by Crippen LogP contribution is 2.27. The summed E-state index contributed by atoms with van der Waals surface area (Å²) in [5.41, 5.74) is 3.97. The van der Waals surface area contributed by atoms with E-state index in [0.717, 1.165) is 23.1 Å². The molecule has 3 N–H and O–H groups in total. The second-order valence-electron chi connectivity index (χ2n) is 11.0. The maximum atomic E-state index is 13.2. The molecule has 4 rings (SSSR count). The van der Waals surface area contributed by atoms with Crippen LogP contribution in [0.25, 0.3) is 11.3 Å². The fourth-order valence-corrected chi connectivity index (χ4v) is 3.94. The number of benzene rings is 2. The molecule has 0 fully saturated rings. The van der Waals surface area contributed by atoms with E-state index in [2.05, 4.69) is 46.7 Å². The van der Waals surface area contributed by atoms with Crippen LogP contribution in [0, 0.1) is 5.41 Å². The van der Waals surface area contributed by atoms with E-state index in [1.165, 1.54) is 0 Å². The average Bonchev–Trinajstić information content (AvgIpc) is 2.99. The lowest BCUT2D eigenvalue weighted by molar-refractivity contribution is -0.116. The van der Waals surface area contributed by atoms with Crippen LogP contribution in [0.5, 0.6) is 0 Å². The number of nitrogens with one attached hydrogen (secondary N) is 3. The number of anilines is 2. The fraction of sp³-hybridized carbons (Fsp3) is 0.242. The minimum Gasteiger partial charge on any atom is -0.445 e. The molecule has 42 heavy (non-hydrogen) atoms. The molecule has 2 aromatic heterocycles. The van der Waals surface area contributed by atoms with Crippen molar-refractivity contribution in [3.8, 4) is 11.3 Å². The van der Waals surface area contributed by atoms with Gasteiger partial charge in [-0.05, 0) is 47.7 Å². The quantitative estimate of drug-likeness (QED) is 0.199. The highest BCUT2D eigenvalue weighted by atomic mass is 16.5. The van der Waals surface area contributed by atoms with Gasteiger partial charge in [0.1, 0.15) is 6.61 Å². The Kier molecular flexibility index (Phi) is 9.99. The number of carbonyl (C=O) groups is 3. The number of rotatable bonds is 10. The molecule has 0 atom stereocenters. The van der Waals surface area contributed by atoms with E-state index in [-0.39, 0.29) is 36.2 Å². The molecule has 0 spiro atoms. The van der Waals surface area contributed by atoms with Crippen LogP contribution in [0.2, 0.25) is 0 Å². The number of aromatic nitrogens is 2. The second kappa shape index (κ2) is 14.0. The summed E-state index contributed by atoms with van der Waals surface area (Å²) in [6.07, 6.45) is 3.80. The number of carbonyl (C=O) groups excluding carboxylic acids is 3. The van der Waals surface area contributed by atoms with Gasteiger partial charge in [0, 0.05) is 42.0 Å². The monoisotopic (exact) mass is 565 g/mol. The summed E-state index contributed by atoms with van der Waals surface area (Å²) in [4.78, 5) is 46.6.